The van der Waals surface area contributed by atoms with E-state index in [0.717, 1.165) is 6.54 Å². The third-order valence-electron chi connectivity index (χ3n) is 2.35. The topological polar surface area (TPSA) is 27.3 Å². The predicted octanol–water partition coefficient (Wildman–Crippen LogP) is 0.873. The van der Waals surface area contributed by atoms with E-state index in [4.69, 9.17) is 0 Å². The van der Waals surface area contributed by atoms with Crippen LogP contribution in [0.25, 0.3) is 0 Å². The van der Waals surface area contributed by atoms with Crippen molar-refractivity contribution in [2.24, 2.45) is 0 Å². The number of rotatable bonds is 8. The normalized spacial score (nSPS) is 13.6. The molecule has 80 valence electrons. The summed E-state index contributed by atoms with van der Waals surface area (Å²) in [6, 6.07) is 0. The lowest BCUT2D eigenvalue weighted by Gasteiger charge is -2.28. The van der Waals surface area contributed by atoms with Crippen molar-refractivity contribution in [3.63, 3.8) is 0 Å². The highest BCUT2D eigenvalue weighted by molar-refractivity contribution is 4.63. The molecule has 0 radical (unpaired) electrons. The average Bonchev–Trinajstić information content (AvgIpc) is 2.16. The Morgan fingerprint density at radius 3 is 2.38 bits per heavy atom. The van der Waals surface area contributed by atoms with Gasteiger partial charge in [0.05, 0.1) is 6.17 Å². The molecular formula is C10H25N3. The zero-order valence-corrected chi connectivity index (χ0v) is 9.56. The Kier molecular flexibility index (Phi) is 8.40. The van der Waals surface area contributed by atoms with Crippen molar-refractivity contribution in [3.05, 3.63) is 0 Å². The van der Waals surface area contributed by atoms with Gasteiger partial charge in [0.2, 0.25) is 0 Å². The molecule has 0 aromatic heterocycles. The van der Waals surface area contributed by atoms with E-state index in [1.54, 1.807) is 0 Å². The minimum atomic E-state index is 0.497. The molecular weight excluding hydrogens is 162 g/mol. The Labute approximate surface area is 82.9 Å². The number of nitrogens with zero attached hydrogens (tertiary/aromatic N) is 1. The van der Waals surface area contributed by atoms with Gasteiger partial charge in [0.1, 0.15) is 0 Å². The van der Waals surface area contributed by atoms with Crippen LogP contribution >= 0.6 is 0 Å². The minimum Gasteiger partial charge on any atom is -0.320 e. The summed E-state index contributed by atoms with van der Waals surface area (Å²) in [5.74, 6) is 0. The van der Waals surface area contributed by atoms with E-state index >= 15 is 0 Å². The first-order chi connectivity index (χ1) is 6.26. The van der Waals surface area contributed by atoms with Crippen molar-refractivity contribution in [1.29, 1.82) is 0 Å². The minimum absolute atomic E-state index is 0.497. The standard InChI is InChI=1S/C10H25N3/c1-5-8-13(10(2)12-4)9-6-7-11-3/h10-12H,5-9H2,1-4H3. The second-order valence-electron chi connectivity index (χ2n) is 3.46. The van der Waals surface area contributed by atoms with E-state index in [-0.39, 0.29) is 0 Å². The molecule has 0 saturated heterocycles. The van der Waals surface area contributed by atoms with Gasteiger partial charge in [-0.1, -0.05) is 6.92 Å². The maximum absolute atomic E-state index is 3.28. The van der Waals surface area contributed by atoms with Crippen LogP contribution in [0.2, 0.25) is 0 Å². The Balaban J connectivity index is 3.65. The van der Waals surface area contributed by atoms with Crippen LogP contribution in [0.5, 0.6) is 0 Å². The van der Waals surface area contributed by atoms with E-state index in [9.17, 15) is 0 Å². The van der Waals surface area contributed by atoms with Crippen molar-refractivity contribution in [3.8, 4) is 0 Å². The van der Waals surface area contributed by atoms with Gasteiger partial charge in [0.25, 0.3) is 0 Å². The number of nitrogens with one attached hydrogen (secondary N) is 2. The van der Waals surface area contributed by atoms with Gasteiger partial charge in [0.15, 0.2) is 0 Å². The van der Waals surface area contributed by atoms with Gasteiger partial charge >= 0.3 is 0 Å². The maximum Gasteiger partial charge on any atom is 0.0565 e. The average molecular weight is 187 g/mol. The highest BCUT2D eigenvalue weighted by atomic mass is 15.2. The van der Waals surface area contributed by atoms with E-state index in [1.807, 2.05) is 14.1 Å². The number of hydrogen-bond donors (Lipinski definition) is 2. The van der Waals surface area contributed by atoms with Gasteiger partial charge in [-0.05, 0) is 47.0 Å². The van der Waals surface area contributed by atoms with Crippen molar-refractivity contribution in [2.75, 3.05) is 33.7 Å². The predicted molar refractivity (Wildman–Crippen MR) is 58.9 cm³/mol. The fourth-order valence-corrected chi connectivity index (χ4v) is 1.43. The zero-order chi connectivity index (χ0) is 10.1. The molecule has 13 heavy (non-hydrogen) atoms. The van der Waals surface area contributed by atoms with Crippen LogP contribution in [0.15, 0.2) is 0 Å². The summed E-state index contributed by atoms with van der Waals surface area (Å²) in [6.07, 6.45) is 2.95. The fourth-order valence-electron chi connectivity index (χ4n) is 1.43. The first-order valence-corrected chi connectivity index (χ1v) is 5.32. The smallest absolute Gasteiger partial charge is 0.0565 e. The molecule has 0 bridgehead atoms. The Morgan fingerprint density at radius 2 is 1.92 bits per heavy atom. The maximum atomic E-state index is 3.28. The van der Waals surface area contributed by atoms with Gasteiger partial charge in [0, 0.05) is 6.54 Å². The lowest BCUT2D eigenvalue weighted by Crippen LogP contribution is -2.43. The van der Waals surface area contributed by atoms with Crippen molar-refractivity contribution >= 4 is 0 Å². The van der Waals surface area contributed by atoms with Gasteiger partial charge in [-0.25, -0.2) is 0 Å². The molecule has 3 nitrogen and oxygen atoms in total. The summed E-state index contributed by atoms with van der Waals surface area (Å²) in [7, 11) is 4.02. The van der Waals surface area contributed by atoms with E-state index in [1.165, 1.54) is 25.9 Å². The molecule has 0 aliphatic rings. The Morgan fingerprint density at radius 1 is 1.23 bits per heavy atom. The Bertz CT molecular complexity index is 106. The molecule has 0 fully saturated rings. The van der Waals surface area contributed by atoms with Crippen LogP contribution < -0.4 is 10.6 Å². The summed E-state index contributed by atoms with van der Waals surface area (Å²) in [5, 5.41) is 6.46. The van der Waals surface area contributed by atoms with Crippen molar-refractivity contribution in [2.45, 2.75) is 32.9 Å². The second-order valence-corrected chi connectivity index (χ2v) is 3.46. The summed E-state index contributed by atoms with van der Waals surface area (Å²) in [6.45, 7) is 7.92. The lowest BCUT2D eigenvalue weighted by molar-refractivity contribution is 0.184. The van der Waals surface area contributed by atoms with E-state index < -0.39 is 0 Å². The fraction of sp³-hybridized carbons (Fsp3) is 1.00. The quantitative estimate of drug-likeness (QED) is 0.436. The van der Waals surface area contributed by atoms with E-state index in [0.29, 0.717) is 6.17 Å². The van der Waals surface area contributed by atoms with Crippen LogP contribution in [-0.2, 0) is 0 Å². The molecule has 0 spiro atoms. The molecule has 0 aromatic rings. The number of hydrogen-bond acceptors (Lipinski definition) is 3. The molecule has 0 aliphatic heterocycles. The molecule has 0 aliphatic carbocycles. The molecule has 0 heterocycles. The van der Waals surface area contributed by atoms with E-state index in [2.05, 4.69) is 29.4 Å². The molecule has 0 aromatic carbocycles. The van der Waals surface area contributed by atoms with Crippen LogP contribution in [0.1, 0.15) is 26.7 Å². The highest BCUT2D eigenvalue weighted by Crippen LogP contribution is 1.98. The molecule has 0 saturated carbocycles. The van der Waals surface area contributed by atoms with Crippen LogP contribution in [-0.4, -0.2) is 44.8 Å². The second kappa shape index (κ2) is 8.48. The van der Waals surface area contributed by atoms with Gasteiger partial charge < -0.3 is 10.6 Å². The van der Waals surface area contributed by atoms with Crippen LogP contribution in [0, 0.1) is 0 Å². The molecule has 2 N–H and O–H groups in total. The first-order valence-electron chi connectivity index (χ1n) is 5.32. The summed E-state index contributed by atoms with van der Waals surface area (Å²) in [4.78, 5) is 2.48. The first kappa shape index (κ1) is 12.9. The summed E-state index contributed by atoms with van der Waals surface area (Å²) >= 11 is 0. The monoisotopic (exact) mass is 187 g/mol. The van der Waals surface area contributed by atoms with Gasteiger partial charge in [-0.3, -0.25) is 4.90 Å². The largest absolute Gasteiger partial charge is 0.320 e. The molecule has 3 heteroatoms. The van der Waals surface area contributed by atoms with Crippen molar-refractivity contribution < 1.29 is 0 Å². The van der Waals surface area contributed by atoms with Gasteiger partial charge in [-0.15, -0.1) is 0 Å². The third kappa shape index (κ3) is 6.02. The molecule has 0 amide bonds. The Hall–Kier alpha value is -0.120. The van der Waals surface area contributed by atoms with Gasteiger partial charge in [-0.2, -0.15) is 0 Å². The molecule has 1 atom stereocenters. The molecule has 0 rings (SSSR count). The van der Waals surface area contributed by atoms with Crippen LogP contribution in [0.3, 0.4) is 0 Å². The van der Waals surface area contributed by atoms with Crippen LogP contribution in [0.4, 0.5) is 0 Å². The summed E-state index contributed by atoms with van der Waals surface area (Å²) in [5.41, 5.74) is 0. The SMILES string of the molecule is CCCN(CCCNC)C(C)NC. The highest BCUT2D eigenvalue weighted by Gasteiger charge is 2.09. The molecule has 1 unspecified atom stereocenters. The summed E-state index contributed by atoms with van der Waals surface area (Å²) < 4.78 is 0. The van der Waals surface area contributed by atoms with Crippen molar-refractivity contribution in [1.82, 2.24) is 15.5 Å². The lowest BCUT2D eigenvalue weighted by atomic mass is 10.3. The third-order valence-corrected chi connectivity index (χ3v) is 2.35. The zero-order valence-electron chi connectivity index (χ0n) is 9.56.